The summed E-state index contributed by atoms with van der Waals surface area (Å²) in [5, 5.41) is 3.16. The molecule has 0 bridgehead atoms. The van der Waals surface area contributed by atoms with Crippen LogP contribution in [0.15, 0.2) is 36.0 Å². The van der Waals surface area contributed by atoms with E-state index in [2.05, 4.69) is 21.0 Å². The molecule has 3 aromatic rings. The van der Waals surface area contributed by atoms with Gasteiger partial charge in [0.05, 0.1) is 5.69 Å². The molecule has 0 amide bonds. The third-order valence-electron chi connectivity index (χ3n) is 2.39. The molecule has 0 aliphatic heterocycles. The normalized spacial score (nSPS) is 10.8. The first kappa shape index (κ1) is 9.42. The fourth-order valence-corrected chi connectivity index (χ4v) is 2.50. The van der Waals surface area contributed by atoms with Crippen LogP contribution in [0, 0.1) is 6.92 Å². The van der Waals surface area contributed by atoms with Crippen LogP contribution in [0.25, 0.3) is 21.5 Å². The Bertz CT molecular complexity index is 631. The van der Waals surface area contributed by atoms with E-state index in [1.807, 2.05) is 24.4 Å². The van der Waals surface area contributed by atoms with Crippen molar-refractivity contribution in [1.29, 1.82) is 0 Å². The van der Waals surface area contributed by atoms with Crippen LogP contribution in [-0.4, -0.2) is 15.0 Å². The molecule has 3 nitrogen and oxygen atoms in total. The highest BCUT2D eigenvalue weighted by molar-refractivity contribution is 7.16. The third-order valence-corrected chi connectivity index (χ3v) is 3.20. The van der Waals surface area contributed by atoms with Crippen molar-refractivity contribution >= 4 is 21.6 Å². The average Bonchev–Trinajstić information content (AvgIpc) is 2.77. The Balaban J connectivity index is 2.34. The maximum absolute atomic E-state index is 4.51. The van der Waals surface area contributed by atoms with Crippen LogP contribution >= 0.6 is 11.3 Å². The lowest BCUT2D eigenvalue weighted by molar-refractivity contribution is 1.10. The van der Waals surface area contributed by atoms with Crippen molar-refractivity contribution in [2.24, 2.45) is 0 Å². The van der Waals surface area contributed by atoms with E-state index >= 15 is 0 Å². The number of aryl methyl sites for hydroxylation is 1. The van der Waals surface area contributed by atoms with Gasteiger partial charge in [-0.3, -0.25) is 4.98 Å². The molecule has 16 heavy (non-hydrogen) atoms. The van der Waals surface area contributed by atoms with Crippen molar-refractivity contribution < 1.29 is 0 Å². The minimum Gasteiger partial charge on any atom is -0.265 e. The number of rotatable bonds is 1. The van der Waals surface area contributed by atoms with Gasteiger partial charge in [0.1, 0.15) is 10.7 Å². The van der Waals surface area contributed by atoms with Crippen molar-refractivity contribution in [1.82, 2.24) is 15.0 Å². The Morgan fingerprint density at radius 3 is 2.69 bits per heavy atom. The van der Waals surface area contributed by atoms with Gasteiger partial charge in [-0.15, -0.1) is 11.3 Å². The Morgan fingerprint density at radius 2 is 1.88 bits per heavy atom. The summed E-state index contributed by atoms with van der Waals surface area (Å²) in [7, 11) is 0. The molecule has 0 radical (unpaired) electrons. The third kappa shape index (κ3) is 1.47. The van der Waals surface area contributed by atoms with Gasteiger partial charge in [0.2, 0.25) is 0 Å². The predicted molar refractivity (Wildman–Crippen MR) is 65.4 cm³/mol. The van der Waals surface area contributed by atoms with E-state index < -0.39 is 0 Å². The average molecular weight is 227 g/mol. The molecule has 0 aromatic carbocycles. The van der Waals surface area contributed by atoms with Crippen LogP contribution < -0.4 is 0 Å². The zero-order valence-corrected chi connectivity index (χ0v) is 9.53. The van der Waals surface area contributed by atoms with E-state index in [1.165, 1.54) is 0 Å². The summed E-state index contributed by atoms with van der Waals surface area (Å²) in [5.41, 5.74) is 2.08. The molecule has 0 atom stereocenters. The fourth-order valence-electron chi connectivity index (χ4n) is 1.69. The lowest BCUT2D eigenvalue weighted by Crippen LogP contribution is -1.91. The molecule has 0 aliphatic carbocycles. The zero-order chi connectivity index (χ0) is 11.0. The molecule has 0 fully saturated rings. The zero-order valence-electron chi connectivity index (χ0n) is 8.71. The van der Waals surface area contributed by atoms with E-state index in [0.29, 0.717) is 0 Å². The molecular weight excluding hydrogens is 218 g/mol. The van der Waals surface area contributed by atoms with Crippen molar-refractivity contribution in [2.75, 3.05) is 0 Å². The molecule has 4 heteroatoms. The molecule has 0 N–H and O–H groups in total. The van der Waals surface area contributed by atoms with Crippen LogP contribution in [0.1, 0.15) is 5.82 Å². The summed E-state index contributed by atoms with van der Waals surface area (Å²) in [6.45, 7) is 1.92. The van der Waals surface area contributed by atoms with E-state index in [0.717, 1.165) is 27.3 Å². The minimum absolute atomic E-state index is 0.807. The first-order valence-electron chi connectivity index (χ1n) is 4.97. The van der Waals surface area contributed by atoms with Gasteiger partial charge in [-0.25, -0.2) is 9.97 Å². The number of nitrogens with zero attached hydrogens (tertiary/aromatic N) is 3. The summed E-state index contributed by atoms with van der Waals surface area (Å²) in [4.78, 5) is 14.0. The van der Waals surface area contributed by atoms with Crippen LogP contribution in [-0.2, 0) is 0 Å². The number of aromatic nitrogens is 3. The van der Waals surface area contributed by atoms with Gasteiger partial charge in [0.15, 0.2) is 0 Å². The second kappa shape index (κ2) is 3.64. The van der Waals surface area contributed by atoms with Crippen molar-refractivity contribution in [2.45, 2.75) is 6.92 Å². The monoisotopic (exact) mass is 227 g/mol. The van der Waals surface area contributed by atoms with Crippen LogP contribution in [0.4, 0.5) is 0 Å². The molecule has 3 heterocycles. The Morgan fingerprint density at radius 1 is 1.06 bits per heavy atom. The molecule has 78 valence electrons. The highest BCUT2D eigenvalue weighted by Gasteiger charge is 2.08. The molecular formula is C12H9N3S. The van der Waals surface area contributed by atoms with Gasteiger partial charge in [0.25, 0.3) is 0 Å². The van der Waals surface area contributed by atoms with Crippen molar-refractivity contribution in [3.8, 4) is 11.3 Å². The number of fused-ring (bicyclic) bond motifs is 1. The number of pyridine rings is 1. The molecule has 0 unspecified atom stereocenters. The molecule has 0 saturated heterocycles. The lowest BCUT2D eigenvalue weighted by Gasteiger charge is -2.03. The molecule has 0 aliphatic rings. The Hall–Kier alpha value is -1.81. The number of hydrogen-bond acceptors (Lipinski definition) is 4. The van der Waals surface area contributed by atoms with Crippen LogP contribution in [0.2, 0.25) is 0 Å². The van der Waals surface area contributed by atoms with Crippen LogP contribution in [0.3, 0.4) is 0 Å². The second-order valence-electron chi connectivity index (χ2n) is 3.49. The van der Waals surface area contributed by atoms with Gasteiger partial charge >= 0.3 is 0 Å². The summed E-state index contributed by atoms with van der Waals surface area (Å²) < 4.78 is 0. The maximum atomic E-state index is 4.51. The van der Waals surface area contributed by atoms with Gasteiger partial charge in [-0.1, -0.05) is 0 Å². The van der Waals surface area contributed by atoms with E-state index in [1.54, 1.807) is 23.7 Å². The van der Waals surface area contributed by atoms with Gasteiger partial charge in [0, 0.05) is 23.3 Å². The molecule has 3 rings (SSSR count). The lowest BCUT2D eigenvalue weighted by atomic mass is 10.1. The van der Waals surface area contributed by atoms with Crippen LogP contribution in [0.5, 0.6) is 0 Å². The fraction of sp³-hybridized carbons (Fsp3) is 0.0833. The highest BCUT2D eigenvalue weighted by atomic mass is 32.1. The maximum Gasteiger partial charge on any atom is 0.127 e. The van der Waals surface area contributed by atoms with Gasteiger partial charge in [-0.05, 0) is 30.5 Å². The standard InChI is InChI=1S/C12H9N3S/c1-8-14-11(9-2-5-13-6-3-9)10-4-7-16-12(10)15-8/h2-7H,1H3. The molecule has 0 saturated carbocycles. The van der Waals surface area contributed by atoms with Crippen molar-refractivity contribution in [3.05, 3.63) is 41.8 Å². The minimum atomic E-state index is 0.807. The van der Waals surface area contributed by atoms with Gasteiger partial charge in [-0.2, -0.15) is 0 Å². The topological polar surface area (TPSA) is 38.7 Å². The largest absolute Gasteiger partial charge is 0.265 e. The van der Waals surface area contributed by atoms with E-state index in [4.69, 9.17) is 0 Å². The van der Waals surface area contributed by atoms with Gasteiger partial charge < -0.3 is 0 Å². The SMILES string of the molecule is Cc1nc(-c2ccncc2)c2ccsc2n1. The Labute approximate surface area is 96.8 Å². The number of hydrogen-bond donors (Lipinski definition) is 0. The smallest absolute Gasteiger partial charge is 0.127 e. The quantitative estimate of drug-likeness (QED) is 0.641. The predicted octanol–water partition coefficient (Wildman–Crippen LogP) is 3.06. The number of thiophene rings is 1. The Kier molecular flexibility index (Phi) is 2.15. The summed E-state index contributed by atoms with van der Waals surface area (Å²) >= 11 is 1.64. The summed E-state index contributed by atoms with van der Waals surface area (Å²) in [5.74, 6) is 0.807. The molecule has 0 spiro atoms. The van der Waals surface area contributed by atoms with E-state index in [9.17, 15) is 0 Å². The summed E-state index contributed by atoms with van der Waals surface area (Å²) in [6.07, 6.45) is 3.57. The van der Waals surface area contributed by atoms with E-state index in [-0.39, 0.29) is 0 Å². The van der Waals surface area contributed by atoms with Crippen molar-refractivity contribution in [3.63, 3.8) is 0 Å². The summed E-state index contributed by atoms with van der Waals surface area (Å²) in [6, 6.07) is 6.01. The first-order valence-corrected chi connectivity index (χ1v) is 5.85. The second-order valence-corrected chi connectivity index (χ2v) is 4.39. The highest BCUT2D eigenvalue weighted by Crippen LogP contribution is 2.28. The first-order chi connectivity index (χ1) is 7.84. The molecule has 3 aromatic heterocycles.